The topological polar surface area (TPSA) is 94.6 Å². The van der Waals surface area contributed by atoms with Gasteiger partial charge in [-0.25, -0.2) is 4.98 Å². The molecule has 0 fully saturated rings. The molecule has 3 heterocycles. The van der Waals surface area contributed by atoms with Gasteiger partial charge in [0, 0.05) is 31.3 Å². The number of rotatable bonds is 7. The van der Waals surface area contributed by atoms with Crippen molar-refractivity contribution in [1.82, 2.24) is 24.8 Å². The minimum atomic E-state index is -0.352. The van der Waals surface area contributed by atoms with Gasteiger partial charge >= 0.3 is 0 Å². The summed E-state index contributed by atoms with van der Waals surface area (Å²) >= 11 is 1.53. The highest BCUT2D eigenvalue weighted by molar-refractivity contribution is 7.15. The predicted octanol–water partition coefficient (Wildman–Crippen LogP) is 1.39. The molecule has 23 heavy (non-hydrogen) atoms. The summed E-state index contributed by atoms with van der Waals surface area (Å²) in [5, 5.41) is 8.64. The average Bonchev–Trinajstić information content (AvgIpc) is 3.19. The van der Waals surface area contributed by atoms with Crippen LogP contribution < -0.4 is 5.32 Å². The van der Waals surface area contributed by atoms with Crippen LogP contribution in [0.1, 0.15) is 30.4 Å². The van der Waals surface area contributed by atoms with Gasteiger partial charge in [0.25, 0.3) is 0 Å². The maximum Gasteiger partial charge on any atom is 0.248 e. The summed E-state index contributed by atoms with van der Waals surface area (Å²) in [7, 11) is 1.61. The number of amides is 1. The van der Waals surface area contributed by atoms with Crippen molar-refractivity contribution in [2.24, 2.45) is 0 Å². The minimum absolute atomic E-state index is 0.139. The van der Waals surface area contributed by atoms with E-state index in [0.717, 1.165) is 10.7 Å². The van der Waals surface area contributed by atoms with Crippen molar-refractivity contribution < 1.29 is 14.1 Å². The first-order chi connectivity index (χ1) is 11.2. The van der Waals surface area contributed by atoms with Crippen LogP contribution in [-0.2, 0) is 22.4 Å². The van der Waals surface area contributed by atoms with E-state index in [4.69, 9.17) is 9.26 Å². The Morgan fingerprint density at radius 3 is 3.17 bits per heavy atom. The lowest BCUT2D eigenvalue weighted by Gasteiger charge is -2.08. The minimum Gasteiger partial charge on any atom is -0.384 e. The molecule has 3 rings (SSSR count). The van der Waals surface area contributed by atoms with Crippen molar-refractivity contribution in [2.75, 3.05) is 13.7 Å². The number of nitrogens with one attached hydrogen (secondary N) is 1. The van der Waals surface area contributed by atoms with E-state index in [9.17, 15) is 4.79 Å². The first-order valence-electron chi connectivity index (χ1n) is 7.17. The third kappa shape index (κ3) is 3.74. The molecule has 1 N–H and O–H groups in total. The van der Waals surface area contributed by atoms with Crippen LogP contribution in [0.5, 0.6) is 0 Å². The molecule has 1 amide bonds. The molecule has 9 heteroatoms. The van der Waals surface area contributed by atoms with Gasteiger partial charge in [-0.2, -0.15) is 4.98 Å². The fourth-order valence-corrected chi connectivity index (χ4v) is 2.84. The number of ether oxygens (including phenoxy) is 1. The third-order valence-corrected chi connectivity index (χ3v) is 4.02. The van der Waals surface area contributed by atoms with Crippen molar-refractivity contribution in [2.45, 2.75) is 25.8 Å². The first kappa shape index (κ1) is 15.6. The summed E-state index contributed by atoms with van der Waals surface area (Å²) in [5.41, 5.74) is 0.730. The average molecular weight is 335 g/mol. The van der Waals surface area contributed by atoms with Gasteiger partial charge in [0.2, 0.25) is 11.8 Å². The maximum absolute atomic E-state index is 12.1. The molecule has 0 radical (unpaired) electrons. The summed E-state index contributed by atoms with van der Waals surface area (Å²) in [4.78, 5) is 21.6. The standard InChI is InChI=1S/C14H17N5O3S/c1-9(13-17-11(18-22-13)3-5-21-2)15-12(20)7-10-8-19-4-6-23-14(19)16-10/h4,6,8-9H,3,5,7H2,1-2H3,(H,15,20). The summed E-state index contributed by atoms with van der Waals surface area (Å²) in [6.45, 7) is 2.33. The van der Waals surface area contributed by atoms with E-state index in [-0.39, 0.29) is 18.4 Å². The van der Waals surface area contributed by atoms with Crippen LogP contribution in [0.15, 0.2) is 22.3 Å². The molecule has 3 aromatic rings. The fourth-order valence-electron chi connectivity index (χ4n) is 2.12. The number of nitrogens with zero attached hydrogens (tertiary/aromatic N) is 4. The Morgan fingerprint density at radius 1 is 1.52 bits per heavy atom. The molecule has 0 aromatic carbocycles. The lowest BCUT2D eigenvalue weighted by atomic mass is 10.2. The fraction of sp³-hybridized carbons (Fsp3) is 0.429. The van der Waals surface area contributed by atoms with E-state index in [1.807, 2.05) is 22.2 Å². The highest BCUT2D eigenvalue weighted by Crippen LogP contribution is 2.13. The number of hydrogen-bond acceptors (Lipinski definition) is 7. The van der Waals surface area contributed by atoms with Gasteiger partial charge in [0.1, 0.15) is 6.04 Å². The molecule has 3 aromatic heterocycles. The molecule has 0 aliphatic heterocycles. The number of hydrogen-bond donors (Lipinski definition) is 1. The number of methoxy groups -OCH3 is 1. The maximum atomic E-state index is 12.1. The van der Waals surface area contributed by atoms with Gasteiger partial charge in [-0.05, 0) is 6.92 Å². The monoisotopic (exact) mass is 335 g/mol. The van der Waals surface area contributed by atoms with Crippen molar-refractivity contribution in [1.29, 1.82) is 0 Å². The van der Waals surface area contributed by atoms with E-state index in [2.05, 4.69) is 20.4 Å². The zero-order valence-electron chi connectivity index (χ0n) is 12.9. The second-order valence-corrected chi connectivity index (χ2v) is 5.96. The summed E-state index contributed by atoms with van der Waals surface area (Å²) in [6, 6.07) is -0.352. The normalized spacial score (nSPS) is 12.6. The molecule has 0 aliphatic carbocycles. The number of imidazole rings is 1. The molecular weight excluding hydrogens is 318 g/mol. The molecule has 0 saturated carbocycles. The Morgan fingerprint density at radius 2 is 2.39 bits per heavy atom. The number of thiazole rings is 1. The molecule has 1 atom stereocenters. The summed E-state index contributed by atoms with van der Waals surface area (Å²) in [6.07, 6.45) is 4.55. The Bertz CT molecular complexity index is 765. The largest absolute Gasteiger partial charge is 0.384 e. The van der Waals surface area contributed by atoms with E-state index >= 15 is 0 Å². The van der Waals surface area contributed by atoms with E-state index < -0.39 is 0 Å². The van der Waals surface area contributed by atoms with Crippen LogP contribution in [0.25, 0.3) is 4.96 Å². The molecule has 0 spiro atoms. The molecule has 1 unspecified atom stereocenters. The Balaban J connectivity index is 1.56. The SMILES string of the molecule is COCCc1noc(C(C)NC(=O)Cc2cn3ccsc3n2)n1. The third-order valence-electron chi connectivity index (χ3n) is 3.25. The van der Waals surface area contributed by atoms with Gasteiger partial charge in [0.15, 0.2) is 10.8 Å². The van der Waals surface area contributed by atoms with Crippen molar-refractivity contribution in [3.63, 3.8) is 0 Å². The van der Waals surface area contributed by atoms with Gasteiger partial charge in [-0.15, -0.1) is 11.3 Å². The summed E-state index contributed by atoms with van der Waals surface area (Å²) in [5.74, 6) is 0.812. The van der Waals surface area contributed by atoms with Crippen LogP contribution in [0, 0.1) is 0 Å². The molecule has 122 valence electrons. The van der Waals surface area contributed by atoms with Crippen molar-refractivity contribution >= 4 is 22.2 Å². The van der Waals surface area contributed by atoms with Crippen molar-refractivity contribution in [3.8, 4) is 0 Å². The quantitative estimate of drug-likeness (QED) is 0.701. The van der Waals surface area contributed by atoms with Crippen molar-refractivity contribution in [3.05, 3.63) is 35.2 Å². The lowest BCUT2D eigenvalue weighted by Crippen LogP contribution is -2.28. The second kappa shape index (κ2) is 6.88. The van der Waals surface area contributed by atoms with Gasteiger partial charge in [-0.3, -0.25) is 9.20 Å². The van der Waals surface area contributed by atoms with Gasteiger partial charge in [0.05, 0.1) is 18.7 Å². The zero-order chi connectivity index (χ0) is 16.2. The smallest absolute Gasteiger partial charge is 0.248 e. The Kier molecular flexibility index (Phi) is 4.68. The van der Waals surface area contributed by atoms with Crippen LogP contribution in [0.4, 0.5) is 0 Å². The predicted molar refractivity (Wildman–Crippen MR) is 83.2 cm³/mol. The summed E-state index contributed by atoms with van der Waals surface area (Å²) < 4.78 is 12.0. The highest BCUT2D eigenvalue weighted by Gasteiger charge is 2.17. The number of carbonyl (C=O) groups is 1. The van der Waals surface area contributed by atoms with Crippen LogP contribution in [0.2, 0.25) is 0 Å². The molecular formula is C14H17N5O3S. The molecule has 0 saturated heterocycles. The Hall–Kier alpha value is -2.26. The van der Waals surface area contributed by atoms with Crippen LogP contribution >= 0.6 is 11.3 Å². The van der Waals surface area contributed by atoms with Crippen LogP contribution in [-0.4, -0.2) is 39.1 Å². The van der Waals surface area contributed by atoms with E-state index in [1.54, 1.807) is 14.0 Å². The molecule has 0 bridgehead atoms. The number of aromatic nitrogens is 4. The van der Waals surface area contributed by atoms with Gasteiger partial charge < -0.3 is 14.6 Å². The number of fused-ring (bicyclic) bond motifs is 1. The number of carbonyl (C=O) groups excluding carboxylic acids is 1. The molecule has 8 nitrogen and oxygen atoms in total. The lowest BCUT2D eigenvalue weighted by molar-refractivity contribution is -0.121. The zero-order valence-corrected chi connectivity index (χ0v) is 13.7. The van der Waals surface area contributed by atoms with E-state index in [1.165, 1.54) is 11.3 Å². The molecule has 0 aliphatic rings. The second-order valence-electron chi connectivity index (χ2n) is 5.08. The first-order valence-corrected chi connectivity index (χ1v) is 8.05. The van der Waals surface area contributed by atoms with E-state index in [0.29, 0.717) is 24.7 Å². The Labute approximate surface area is 136 Å². The van der Waals surface area contributed by atoms with Crippen LogP contribution in [0.3, 0.4) is 0 Å². The highest BCUT2D eigenvalue weighted by atomic mass is 32.1. The van der Waals surface area contributed by atoms with Gasteiger partial charge in [-0.1, -0.05) is 5.16 Å².